The summed E-state index contributed by atoms with van der Waals surface area (Å²) in [6, 6.07) is 7.76. The summed E-state index contributed by atoms with van der Waals surface area (Å²) in [6.45, 7) is 0.617. The molecule has 1 aromatic carbocycles. The van der Waals surface area contributed by atoms with Crippen LogP contribution in [0.4, 0.5) is 0 Å². The summed E-state index contributed by atoms with van der Waals surface area (Å²) in [5.41, 5.74) is 1.36. The van der Waals surface area contributed by atoms with Crippen LogP contribution in [0.5, 0.6) is 0 Å². The molecule has 6 heteroatoms. The molecule has 5 nitrogen and oxygen atoms in total. The van der Waals surface area contributed by atoms with Crippen LogP contribution < -0.4 is 0 Å². The van der Waals surface area contributed by atoms with Gasteiger partial charge in [-0.05, 0) is 36.5 Å². The van der Waals surface area contributed by atoms with Crippen molar-refractivity contribution < 1.29 is 19.8 Å². The van der Waals surface area contributed by atoms with Crippen molar-refractivity contribution in [3.63, 3.8) is 0 Å². The number of carboxylic acids is 1. The van der Waals surface area contributed by atoms with E-state index < -0.39 is 11.6 Å². The monoisotopic (exact) mass is 389 g/mol. The third-order valence-corrected chi connectivity index (χ3v) is 6.70. The van der Waals surface area contributed by atoms with Gasteiger partial charge < -0.3 is 15.1 Å². The van der Waals surface area contributed by atoms with Crippen molar-refractivity contribution in [3.05, 3.63) is 41.5 Å². The van der Waals surface area contributed by atoms with Gasteiger partial charge in [0.2, 0.25) is 5.91 Å². The summed E-state index contributed by atoms with van der Waals surface area (Å²) < 4.78 is 0. The van der Waals surface area contributed by atoms with Crippen LogP contribution in [0.3, 0.4) is 0 Å². The fourth-order valence-corrected chi connectivity index (χ4v) is 5.08. The zero-order valence-corrected chi connectivity index (χ0v) is 16.3. The predicted octanol–water partition coefficient (Wildman–Crippen LogP) is 3.31. The number of hydrogen-bond acceptors (Lipinski definition) is 4. The minimum Gasteiger partial charge on any atom is -0.478 e. The van der Waals surface area contributed by atoms with Gasteiger partial charge in [-0.2, -0.15) is 0 Å². The highest BCUT2D eigenvalue weighted by molar-refractivity contribution is 8.01. The lowest BCUT2D eigenvalue weighted by molar-refractivity contribution is -0.131. The van der Waals surface area contributed by atoms with Gasteiger partial charge >= 0.3 is 5.97 Å². The van der Waals surface area contributed by atoms with Gasteiger partial charge in [-0.1, -0.05) is 43.5 Å². The number of carboxylic acid groups (broad SMARTS) is 1. The Kier molecular flexibility index (Phi) is 6.60. The summed E-state index contributed by atoms with van der Waals surface area (Å²) in [5, 5.41) is 19.5. The maximum Gasteiger partial charge on any atom is 0.328 e. The molecule has 1 aromatic rings. The van der Waals surface area contributed by atoms with Crippen LogP contribution in [-0.4, -0.2) is 50.3 Å². The Morgan fingerprint density at radius 1 is 1.22 bits per heavy atom. The Morgan fingerprint density at radius 3 is 2.59 bits per heavy atom. The first-order valence-corrected chi connectivity index (χ1v) is 10.6. The zero-order chi connectivity index (χ0) is 19.3. The van der Waals surface area contributed by atoms with Crippen molar-refractivity contribution in [2.24, 2.45) is 0 Å². The van der Waals surface area contributed by atoms with Gasteiger partial charge in [0, 0.05) is 19.0 Å². The SMILES string of the molecule is O=C(O)/C=C/c1ccc(CC2SCC(=O)N2CCC2(O)CCCCC2)cc1. The van der Waals surface area contributed by atoms with Crippen molar-refractivity contribution >= 4 is 29.7 Å². The molecule has 2 fully saturated rings. The van der Waals surface area contributed by atoms with Crippen LogP contribution in [0.15, 0.2) is 30.3 Å². The number of rotatable bonds is 7. The average molecular weight is 390 g/mol. The number of hydrogen-bond donors (Lipinski definition) is 2. The Balaban J connectivity index is 1.58. The maximum absolute atomic E-state index is 12.3. The first kappa shape index (κ1) is 20.0. The van der Waals surface area contributed by atoms with Crippen LogP contribution in [0, 0.1) is 0 Å². The van der Waals surface area contributed by atoms with E-state index in [1.54, 1.807) is 17.8 Å². The highest BCUT2D eigenvalue weighted by atomic mass is 32.2. The molecule has 1 atom stereocenters. The topological polar surface area (TPSA) is 77.8 Å². The van der Waals surface area contributed by atoms with Gasteiger partial charge in [0.15, 0.2) is 0 Å². The van der Waals surface area contributed by atoms with E-state index in [9.17, 15) is 14.7 Å². The second kappa shape index (κ2) is 8.93. The molecule has 146 valence electrons. The Morgan fingerprint density at radius 2 is 1.93 bits per heavy atom. The second-order valence-corrected chi connectivity index (χ2v) is 8.67. The Labute approximate surface area is 164 Å². The molecule has 1 saturated carbocycles. The quantitative estimate of drug-likeness (QED) is 0.700. The van der Waals surface area contributed by atoms with E-state index in [0.717, 1.165) is 49.3 Å². The number of carbonyl (C=O) groups is 2. The van der Waals surface area contributed by atoms with Gasteiger partial charge in [-0.3, -0.25) is 4.79 Å². The Hall–Kier alpha value is -1.79. The van der Waals surface area contributed by atoms with Crippen LogP contribution in [0.1, 0.15) is 49.7 Å². The van der Waals surface area contributed by atoms with Gasteiger partial charge in [0.25, 0.3) is 0 Å². The van der Waals surface area contributed by atoms with Crippen molar-refractivity contribution in [2.75, 3.05) is 12.3 Å². The van der Waals surface area contributed by atoms with E-state index in [2.05, 4.69) is 0 Å². The van der Waals surface area contributed by atoms with E-state index >= 15 is 0 Å². The third kappa shape index (κ3) is 5.59. The average Bonchev–Trinajstić information content (AvgIpc) is 2.99. The summed E-state index contributed by atoms with van der Waals surface area (Å²) in [6.07, 6.45) is 9.15. The van der Waals surface area contributed by atoms with Gasteiger partial charge in [0.05, 0.1) is 16.7 Å². The van der Waals surface area contributed by atoms with Gasteiger partial charge in [0.1, 0.15) is 0 Å². The van der Waals surface area contributed by atoms with Crippen LogP contribution >= 0.6 is 11.8 Å². The van der Waals surface area contributed by atoms with Gasteiger partial charge in [-0.25, -0.2) is 4.79 Å². The molecule has 1 heterocycles. The maximum atomic E-state index is 12.3. The molecular formula is C21H27NO4S. The molecule has 0 aromatic heterocycles. The summed E-state index contributed by atoms with van der Waals surface area (Å²) >= 11 is 1.66. The molecule has 1 aliphatic heterocycles. The van der Waals surface area contributed by atoms with E-state index in [0.29, 0.717) is 18.7 Å². The number of amides is 1. The van der Waals surface area contributed by atoms with E-state index in [4.69, 9.17) is 5.11 Å². The largest absolute Gasteiger partial charge is 0.478 e. The Bertz CT molecular complexity index is 695. The van der Waals surface area contributed by atoms with Crippen molar-refractivity contribution in [1.82, 2.24) is 4.90 Å². The lowest BCUT2D eigenvalue weighted by atomic mass is 9.82. The molecule has 0 spiro atoms. The van der Waals surface area contributed by atoms with Crippen LogP contribution in [0.25, 0.3) is 6.08 Å². The lowest BCUT2D eigenvalue weighted by Crippen LogP contribution is -2.40. The second-order valence-electron chi connectivity index (χ2n) is 7.51. The zero-order valence-electron chi connectivity index (χ0n) is 15.5. The molecule has 1 aliphatic carbocycles. The van der Waals surface area contributed by atoms with Crippen LogP contribution in [0.2, 0.25) is 0 Å². The molecule has 2 N–H and O–H groups in total. The number of carbonyl (C=O) groups excluding carboxylic acids is 1. The fourth-order valence-electron chi connectivity index (χ4n) is 3.86. The number of benzene rings is 1. The lowest BCUT2D eigenvalue weighted by Gasteiger charge is -2.34. The first-order valence-electron chi connectivity index (χ1n) is 9.59. The molecule has 1 unspecified atom stereocenters. The number of nitrogens with zero attached hydrogens (tertiary/aromatic N) is 1. The summed E-state index contributed by atoms with van der Waals surface area (Å²) in [4.78, 5) is 24.8. The van der Waals surface area contributed by atoms with Crippen molar-refractivity contribution in [3.8, 4) is 0 Å². The molecule has 0 bridgehead atoms. The molecule has 2 aliphatic rings. The minimum atomic E-state index is -0.963. The summed E-state index contributed by atoms with van der Waals surface area (Å²) in [5.74, 6) is -0.302. The highest BCUT2D eigenvalue weighted by Gasteiger charge is 2.35. The summed E-state index contributed by atoms with van der Waals surface area (Å²) in [7, 11) is 0. The normalized spacial score (nSPS) is 22.5. The van der Waals surface area contributed by atoms with E-state index in [1.165, 1.54) is 6.42 Å². The van der Waals surface area contributed by atoms with Crippen LogP contribution in [-0.2, 0) is 16.0 Å². The van der Waals surface area contributed by atoms with E-state index in [-0.39, 0.29) is 11.3 Å². The molecule has 1 saturated heterocycles. The third-order valence-electron chi connectivity index (χ3n) is 5.48. The highest BCUT2D eigenvalue weighted by Crippen LogP contribution is 2.33. The minimum absolute atomic E-state index is 0.102. The molecule has 27 heavy (non-hydrogen) atoms. The molecular weight excluding hydrogens is 362 g/mol. The molecule has 3 rings (SSSR count). The fraction of sp³-hybridized carbons (Fsp3) is 0.524. The van der Waals surface area contributed by atoms with Crippen molar-refractivity contribution in [2.45, 2.75) is 55.9 Å². The number of aliphatic carboxylic acids is 1. The van der Waals surface area contributed by atoms with Gasteiger partial charge in [-0.15, -0.1) is 11.8 Å². The first-order chi connectivity index (χ1) is 13.0. The number of aliphatic hydroxyl groups is 1. The number of thioether (sulfide) groups is 1. The van der Waals surface area contributed by atoms with E-state index in [1.807, 2.05) is 29.2 Å². The van der Waals surface area contributed by atoms with Crippen molar-refractivity contribution in [1.29, 1.82) is 0 Å². The standard InChI is InChI=1S/C21H27NO4S/c23-18-15-27-19(22(18)13-12-21(26)10-2-1-3-11-21)14-17-6-4-16(5-7-17)8-9-20(24)25/h4-9,19,26H,1-3,10-15H2,(H,24,25)/b9-8+. The predicted molar refractivity (Wildman–Crippen MR) is 107 cm³/mol. The molecule has 0 radical (unpaired) electrons. The molecule has 1 amide bonds. The smallest absolute Gasteiger partial charge is 0.328 e.